The Morgan fingerprint density at radius 2 is 1.70 bits per heavy atom. The maximum absolute atomic E-state index is 6.12. The summed E-state index contributed by atoms with van der Waals surface area (Å²) in [7, 11) is 0. The van der Waals surface area contributed by atoms with Gasteiger partial charge in [-0.2, -0.15) is 0 Å². The van der Waals surface area contributed by atoms with Crippen molar-refractivity contribution in [2.45, 2.75) is 26.3 Å². The molecule has 0 bridgehead atoms. The zero-order valence-corrected chi connectivity index (χ0v) is 13.3. The standard InChI is InChI=1S/C17H19Cl2N/c1-3-20-17(10-13-6-4-12(2)5-7-13)14-8-9-15(18)16(19)11-14/h4-9,11,17,20H,3,10H2,1-2H3. The first-order chi connectivity index (χ1) is 9.60. The summed E-state index contributed by atoms with van der Waals surface area (Å²) in [6.07, 6.45) is 0.937. The molecule has 2 rings (SSSR count). The summed E-state index contributed by atoms with van der Waals surface area (Å²) in [5.74, 6) is 0. The molecule has 3 heteroatoms. The van der Waals surface area contributed by atoms with Crippen molar-refractivity contribution in [2.24, 2.45) is 0 Å². The Bertz CT molecular complexity index is 564. The van der Waals surface area contributed by atoms with Gasteiger partial charge in [-0.3, -0.25) is 0 Å². The minimum atomic E-state index is 0.248. The lowest BCUT2D eigenvalue weighted by atomic mass is 9.98. The number of nitrogens with one attached hydrogen (secondary N) is 1. The highest BCUT2D eigenvalue weighted by atomic mass is 35.5. The molecule has 1 atom stereocenters. The van der Waals surface area contributed by atoms with Gasteiger partial charge in [0.15, 0.2) is 0 Å². The van der Waals surface area contributed by atoms with Crippen LogP contribution in [0.4, 0.5) is 0 Å². The maximum atomic E-state index is 6.12. The summed E-state index contributed by atoms with van der Waals surface area (Å²) in [5, 5.41) is 4.71. The molecule has 1 unspecified atom stereocenters. The Labute approximate surface area is 130 Å². The Kier molecular flexibility index (Phi) is 5.47. The van der Waals surface area contributed by atoms with Crippen LogP contribution in [0.25, 0.3) is 0 Å². The maximum Gasteiger partial charge on any atom is 0.0595 e. The molecule has 0 aliphatic rings. The largest absolute Gasteiger partial charge is 0.310 e. The number of halogens is 2. The van der Waals surface area contributed by atoms with Crippen molar-refractivity contribution in [3.8, 4) is 0 Å². The van der Waals surface area contributed by atoms with Gasteiger partial charge in [-0.15, -0.1) is 0 Å². The van der Waals surface area contributed by atoms with Crippen LogP contribution in [0.3, 0.4) is 0 Å². The predicted molar refractivity (Wildman–Crippen MR) is 87.8 cm³/mol. The topological polar surface area (TPSA) is 12.0 Å². The monoisotopic (exact) mass is 307 g/mol. The molecule has 1 N–H and O–H groups in total. The van der Waals surface area contributed by atoms with Crippen molar-refractivity contribution < 1.29 is 0 Å². The van der Waals surface area contributed by atoms with E-state index < -0.39 is 0 Å². The van der Waals surface area contributed by atoms with Crippen molar-refractivity contribution in [3.05, 3.63) is 69.2 Å². The molecule has 0 spiro atoms. The first-order valence-corrected chi connectivity index (χ1v) is 7.59. The van der Waals surface area contributed by atoms with Crippen LogP contribution in [-0.4, -0.2) is 6.54 Å². The summed E-state index contributed by atoms with van der Waals surface area (Å²) in [4.78, 5) is 0. The molecule has 0 aliphatic heterocycles. The fourth-order valence-corrected chi connectivity index (χ4v) is 2.55. The third-order valence-corrected chi connectivity index (χ3v) is 4.10. The van der Waals surface area contributed by atoms with Crippen LogP contribution in [0.1, 0.15) is 29.7 Å². The van der Waals surface area contributed by atoms with Crippen LogP contribution >= 0.6 is 23.2 Å². The molecule has 106 valence electrons. The van der Waals surface area contributed by atoms with Crippen LogP contribution < -0.4 is 5.32 Å². The number of hydrogen-bond acceptors (Lipinski definition) is 1. The first kappa shape index (κ1) is 15.4. The molecular weight excluding hydrogens is 289 g/mol. The fourth-order valence-electron chi connectivity index (χ4n) is 2.24. The van der Waals surface area contributed by atoms with Crippen molar-refractivity contribution in [1.29, 1.82) is 0 Å². The van der Waals surface area contributed by atoms with Gasteiger partial charge >= 0.3 is 0 Å². The van der Waals surface area contributed by atoms with E-state index in [4.69, 9.17) is 23.2 Å². The highest BCUT2D eigenvalue weighted by Crippen LogP contribution is 2.27. The van der Waals surface area contributed by atoms with Crippen LogP contribution in [0.2, 0.25) is 10.0 Å². The number of rotatable bonds is 5. The van der Waals surface area contributed by atoms with E-state index in [9.17, 15) is 0 Å². The van der Waals surface area contributed by atoms with E-state index in [0.717, 1.165) is 13.0 Å². The highest BCUT2D eigenvalue weighted by molar-refractivity contribution is 6.42. The van der Waals surface area contributed by atoms with E-state index in [1.807, 2.05) is 18.2 Å². The third kappa shape index (κ3) is 3.99. The molecular formula is C17H19Cl2N. The molecule has 0 fully saturated rings. The van der Waals surface area contributed by atoms with Crippen LogP contribution in [-0.2, 0) is 6.42 Å². The minimum absolute atomic E-state index is 0.248. The summed E-state index contributed by atoms with van der Waals surface area (Å²) in [6.45, 7) is 5.13. The van der Waals surface area contributed by atoms with E-state index in [2.05, 4.69) is 43.4 Å². The van der Waals surface area contributed by atoms with Gasteiger partial charge in [0.25, 0.3) is 0 Å². The molecule has 0 radical (unpaired) electrons. The Hall–Kier alpha value is -1.02. The summed E-state index contributed by atoms with van der Waals surface area (Å²) < 4.78 is 0. The van der Waals surface area contributed by atoms with Crippen molar-refractivity contribution in [3.63, 3.8) is 0 Å². The van der Waals surface area contributed by atoms with Gasteiger partial charge in [0.05, 0.1) is 10.0 Å². The predicted octanol–water partition coefficient (Wildman–Crippen LogP) is 5.20. The first-order valence-electron chi connectivity index (χ1n) is 6.84. The van der Waals surface area contributed by atoms with Crippen LogP contribution in [0, 0.1) is 6.92 Å². The zero-order chi connectivity index (χ0) is 14.5. The average Bonchev–Trinajstić information content (AvgIpc) is 2.44. The second kappa shape index (κ2) is 7.12. The van der Waals surface area contributed by atoms with Crippen molar-refractivity contribution >= 4 is 23.2 Å². The van der Waals surface area contributed by atoms with Crippen molar-refractivity contribution in [1.82, 2.24) is 5.32 Å². The highest BCUT2D eigenvalue weighted by Gasteiger charge is 2.12. The Morgan fingerprint density at radius 1 is 1.00 bits per heavy atom. The van der Waals surface area contributed by atoms with E-state index in [1.54, 1.807) is 0 Å². The SMILES string of the molecule is CCNC(Cc1ccc(C)cc1)c1ccc(Cl)c(Cl)c1. The van der Waals surface area contributed by atoms with Gasteiger partial charge in [-0.05, 0) is 43.1 Å². The molecule has 0 saturated carbocycles. The summed E-state index contributed by atoms with van der Waals surface area (Å²) in [6, 6.07) is 14.7. The number of benzene rings is 2. The Morgan fingerprint density at radius 3 is 2.30 bits per heavy atom. The van der Waals surface area contributed by atoms with E-state index in [1.165, 1.54) is 16.7 Å². The molecule has 0 saturated heterocycles. The molecule has 2 aromatic carbocycles. The molecule has 2 aromatic rings. The van der Waals surface area contributed by atoms with Gasteiger partial charge in [-0.1, -0.05) is 66.0 Å². The van der Waals surface area contributed by atoms with Crippen LogP contribution in [0.5, 0.6) is 0 Å². The molecule has 0 amide bonds. The van der Waals surface area contributed by atoms with E-state index in [0.29, 0.717) is 10.0 Å². The fraction of sp³-hybridized carbons (Fsp3) is 0.294. The molecule has 0 aliphatic carbocycles. The van der Waals surface area contributed by atoms with Gasteiger partial charge in [-0.25, -0.2) is 0 Å². The summed E-state index contributed by atoms with van der Waals surface area (Å²) >= 11 is 12.1. The summed E-state index contributed by atoms with van der Waals surface area (Å²) in [5.41, 5.74) is 3.76. The normalized spacial score (nSPS) is 12.4. The number of hydrogen-bond donors (Lipinski definition) is 1. The molecule has 0 heterocycles. The lowest BCUT2D eigenvalue weighted by molar-refractivity contribution is 0.550. The Balaban J connectivity index is 2.21. The van der Waals surface area contributed by atoms with E-state index in [-0.39, 0.29) is 6.04 Å². The third-order valence-electron chi connectivity index (χ3n) is 3.36. The molecule has 20 heavy (non-hydrogen) atoms. The van der Waals surface area contributed by atoms with E-state index >= 15 is 0 Å². The van der Waals surface area contributed by atoms with Crippen LogP contribution in [0.15, 0.2) is 42.5 Å². The minimum Gasteiger partial charge on any atom is -0.310 e. The van der Waals surface area contributed by atoms with Gasteiger partial charge in [0.1, 0.15) is 0 Å². The van der Waals surface area contributed by atoms with Crippen molar-refractivity contribution in [2.75, 3.05) is 6.54 Å². The molecule has 0 aromatic heterocycles. The number of likely N-dealkylation sites (N-methyl/N-ethyl adjacent to an activating group) is 1. The zero-order valence-electron chi connectivity index (χ0n) is 11.8. The quantitative estimate of drug-likeness (QED) is 0.801. The van der Waals surface area contributed by atoms with Gasteiger partial charge in [0.2, 0.25) is 0 Å². The average molecular weight is 308 g/mol. The lowest BCUT2D eigenvalue weighted by Crippen LogP contribution is -2.23. The lowest BCUT2D eigenvalue weighted by Gasteiger charge is -2.19. The smallest absolute Gasteiger partial charge is 0.0595 e. The number of aryl methyl sites for hydroxylation is 1. The second-order valence-corrected chi connectivity index (χ2v) is 5.79. The molecule has 1 nitrogen and oxygen atoms in total. The van der Waals surface area contributed by atoms with Gasteiger partial charge < -0.3 is 5.32 Å². The second-order valence-electron chi connectivity index (χ2n) is 4.97. The van der Waals surface area contributed by atoms with Gasteiger partial charge in [0, 0.05) is 6.04 Å².